The lowest BCUT2D eigenvalue weighted by Crippen LogP contribution is -2.43. The second-order valence-electron chi connectivity index (χ2n) is 5.87. The highest BCUT2D eigenvalue weighted by molar-refractivity contribution is 7.17. The van der Waals surface area contributed by atoms with Crippen LogP contribution in [0.3, 0.4) is 0 Å². The van der Waals surface area contributed by atoms with Gasteiger partial charge in [-0.1, -0.05) is 17.4 Å². The molecule has 0 aliphatic carbocycles. The molecule has 128 valence electrons. The van der Waals surface area contributed by atoms with Crippen LogP contribution in [0.4, 0.5) is 5.13 Å². The molecule has 1 N–H and O–H groups in total. The molecule has 1 atom stereocenters. The maximum Gasteiger partial charge on any atom is 0.266 e. The topological polar surface area (TPSA) is 67.4 Å². The smallest absolute Gasteiger partial charge is 0.266 e. The molecule has 2 aromatic heterocycles. The van der Waals surface area contributed by atoms with Gasteiger partial charge in [0.15, 0.2) is 5.13 Å². The van der Waals surface area contributed by atoms with E-state index in [0.29, 0.717) is 18.0 Å². The summed E-state index contributed by atoms with van der Waals surface area (Å²) in [6.45, 7) is 3.82. The van der Waals surface area contributed by atoms with E-state index in [-0.39, 0.29) is 12.0 Å². The third-order valence-corrected chi connectivity index (χ3v) is 5.24. The number of carbonyl (C=O) groups excluding carboxylic acids is 1. The summed E-state index contributed by atoms with van der Waals surface area (Å²) in [5.74, 6) is 0.0566. The predicted octanol–water partition coefficient (Wildman–Crippen LogP) is 2.71. The highest BCUT2D eigenvalue weighted by atomic mass is 32.1. The van der Waals surface area contributed by atoms with Crippen LogP contribution in [0.25, 0.3) is 0 Å². The average molecular weight is 346 g/mol. The van der Waals surface area contributed by atoms with Crippen LogP contribution in [-0.4, -0.2) is 47.0 Å². The highest BCUT2D eigenvalue weighted by Gasteiger charge is 2.27. The summed E-state index contributed by atoms with van der Waals surface area (Å²) in [5.41, 5.74) is 1.84. The van der Waals surface area contributed by atoms with Crippen LogP contribution in [0.15, 0.2) is 24.5 Å². The number of nitrogens with zero attached hydrogens (tertiary/aromatic N) is 3. The Morgan fingerprint density at radius 2 is 2.42 bits per heavy atom. The molecule has 1 amide bonds. The van der Waals surface area contributed by atoms with Gasteiger partial charge in [0.25, 0.3) is 5.91 Å². The lowest BCUT2D eigenvalue weighted by Gasteiger charge is -2.32. The molecule has 1 saturated heterocycles. The third-order valence-electron chi connectivity index (χ3n) is 4.08. The zero-order valence-corrected chi connectivity index (χ0v) is 14.8. The van der Waals surface area contributed by atoms with Crippen molar-refractivity contribution in [2.75, 3.05) is 25.5 Å². The Hall–Kier alpha value is -1.99. The van der Waals surface area contributed by atoms with Gasteiger partial charge in [0.2, 0.25) is 0 Å². The average Bonchev–Trinajstić information content (AvgIpc) is 3.01. The van der Waals surface area contributed by atoms with Crippen molar-refractivity contribution in [1.29, 1.82) is 0 Å². The monoisotopic (exact) mass is 346 g/mol. The number of nitrogens with one attached hydrogen (secondary N) is 1. The van der Waals surface area contributed by atoms with Crippen molar-refractivity contribution in [1.82, 2.24) is 14.9 Å². The van der Waals surface area contributed by atoms with Crippen LogP contribution < -0.4 is 5.32 Å². The first-order valence-electron chi connectivity index (χ1n) is 8.12. The van der Waals surface area contributed by atoms with Gasteiger partial charge in [-0.3, -0.25) is 9.78 Å². The number of anilines is 1. The van der Waals surface area contributed by atoms with Gasteiger partial charge in [-0.2, -0.15) is 0 Å². The van der Waals surface area contributed by atoms with Crippen molar-refractivity contribution in [3.63, 3.8) is 0 Å². The standard InChI is InChI=1S/C17H22N4O2S/c1-12-15(24-17(18-2)20-12)16(22)21-8-4-6-14(10-21)23-11-13-5-3-7-19-9-13/h3,5,7,9,14H,4,6,8,10-11H2,1-2H3,(H,18,20)/t14-/m1/s1. The van der Waals surface area contributed by atoms with Crippen molar-refractivity contribution in [2.24, 2.45) is 0 Å². The molecule has 0 bridgehead atoms. The Bertz CT molecular complexity index is 689. The van der Waals surface area contributed by atoms with E-state index < -0.39 is 0 Å². The van der Waals surface area contributed by atoms with Crippen molar-refractivity contribution < 1.29 is 9.53 Å². The maximum atomic E-state index is 12.8. The number of pyridine rings is 1. The number of aromatic nitrogens is 2. The molecule has 0 radical (unpaired) electrons. The predicted molar refractivity (Wildman–Crippen MR) is 94.3 cm³/mol. The largest absolute Gasteiger partial charge is 0.372 e. The molecule has 3 heterocycles. The molecule has 3 rings (SSSR count). The number of aryl methyl sites for hydroxylation is 1. The first-order chi connectivity index (χ1) is 11.7. The molecule has 7 heteroatoms. The van der Waals surface area contributed by atoms with Gasteiger partial charge in [-0.15, -0.1) is 0 Å². The summed E-state index contributed by atoms with van der Waals surface area (Å²) in [7, 11) is 1.82. The van der Waals surface area contributed by atoms with Crippen molar-refractivity contribution >= 4 is 22.4 Å². The lowest BCUT2D eigenvalue weighted by molar-refractivity contribution is -0.00670. The summed E-state index contributed by atoms with van der Waals surface area (Å²) in [6.07, 6.45) is 5.57. The van der Waals surface area contributed by atoms with Gasteiger partial charge in [0, 0.05) is 32.5 Å². The number of piperidine rings is 1. The second-order valence-corrected chi connectivity index (χ2v) is 6.87. The van der Waals surface area contributed by atoms with E-state index >= 15 is 0 Å². The molecular weight excluding hydrogens is 324 g/mol. The van der Waals surface area contributed by atoms with Crippen LogP contribution >= 0.6 is 11.3 Å². The second kappa shape index (κ2) is 7.72. The Morgan fingerprint density at radius 1 is 1.54 bits per heavy atom. The molecule has 0 spiro atoms. The number of rotatable bonds is 5. The minimum absolute atomic E-state index is 0.0566. The number of hydrogen-bond acceptors (Lipinski definition) is 6. The Labute approximate surface area is 145 Å². The molecule has 1 aliphatic rings. The molecule has 1 aliphatic heterocycles. The third kappa shape index (κ3) is 3.91. The summed E-state index contributed by atoms with van der Waals surface area (Å²) in [6, 6.07) is 3.90. The summed E-state index contributed by atoms with van der Waals surface area (Å²) < 4.78 is 5.98. The first-order valence-corrected chi connectivity index (χ1v) is 8.94. The molecule has 1 fully saturated rings. The van der Waals surface area contributed by atoms with Gasteiger partial charge in [-0.25, -0.2) is 4.98 Å². The van der Waals surface area contributed by atoms with Crippen molar-refractivity contribution in [3.8, 4) is 0 Å². The minimum atomic E-state index is 0.0566. The Balaban J connectivity index is 1.60. The van der Waals surface area contributed by atoms with Crippen molar-refractivity contribution in [2.45, 2.75) is 32.5 Å². The Morgan fingerprint density at radius 3 is 3.12 bits per heavy atom. The van der Waals surface area contributed by atoms with E-state index in [9.17, 15) is 4.79 Å². The molecular formula is C17H22N4O2S. The van der Waals surface area contributed by atoms with E-state index in [4.69, 9.17) is 4.74 Å². The fraction of sp³-hybridized carbons (Fsp3) is 0.471. The zero-order chi connectivity index (χ0) is 16.9. The van der Waals surface area contributed by atoms with Crippen LogP contribution in [-0.2, 0) is 11.3 Å². The van der Waals surface area contributed by atoms with Crippen LogP contribution in [0.1, 0.15) is 33.8 Å². The van der Waals surface area contributed by atoms with Gasteiger partial charge in [-0.05, 0) is 31.4 Å². The van der Waals surface area contributed by atoms with Gasteiger partial charge < -0.3 is 15.0 Å². The lowest BCUT2D eigenvalue weighted by atomic mass is 10.1. The van der Waals surface area contributed by atoms with E-state index in [1.807, 2.05) is 37.2 Å². The molecule has 0 saturated carbocycles. The number of carbonyl (C=O) groups is 1. The fourth-order valence-electron chi connectivity index (χ4n) is 2.80. The SMILES string of the molecule is CNc1nc(C)c(C(=O)N2CCC[C@@H](OCc3cccnc3)C2)s1. The van der Waals surface area contributed by atoms with Crippen LogP contribution in [0, 0.1) is 6.92 Å². The number of hydrogen-bond donors (Lipinski definition) is 1. The quantitative estimate of drug-likeness (QED) is 0.902. The summed E-state index contributed by atoms with van der Waals surface area (Å²) >= 11 is 1.41. The molecule has 24 heavy (non-hydrogen) atoms. The number of amides is 1. The molecule has 0 unspecified atom stereocenters. The van der Waals surface area contributed by atoms with Crippen LogP contribution in [0.5, 0.6) is 0 Å². The first kappa shape index (κ1) is 16.9. The van der Waals surface area contributed by atoms with E-state index in [1.54, 1.807) is 6.20 Å². The summed E-state index contributed by atoms with van der Waals surface area (Å²) in [4.78, 5) is 23.8. The van der Waals surface area contributed by atoms with Crippen molar-refractivity contribution in [3.05, 3.63) is 40.7 Å². The maximum absolute atomic E-state index is 12.8. The van der Waals surface area contributed by atoms with E-state index in [1.165, 1.54) is 11.3 Å². The molecule has 2 aromatic rings. The number of likely N-dealkylation sites (tertiary alicyclic amines) is 1. The fourth-order valence-corrected chi connectivity index (χ4v) is 3.69. The van der Waals surface area contributed by atoms with E-state index in [0.717, 1.165) is 35.8 Å². The zero-order valence-electron chi connectivity index (χ0n) is 14.0. The minimum Gasteiger partial charge on any atom is -0.372 e. The van der Waals surface area contributed by atoms with Gasteiger partial charge in [0.05, 0.1) is 18.4 Å². The van der Waals surface area contributed by atoms with Crippen LogP contribution in [0.2, 0.25) is 0 Å². The molecule has 6 nitrogen and oxygen atoms in total. The number of ether oxygens (including phenoxy) is 1. The summed E-state index contributed by atoms with van der Waals surface area (Å²) in [5, 5.41) is 3.77. The van der Waals surface area contributed by atoms with Gasteiger partial charge >= 0.3 is 0 Å². The normalized spacial score (nSPS) is 17.8. The number of thiazole rings is 1. The van der Waals surface area contributed by atoms with E-state index in [2.05, 4.69) is 15.3 Å². The Kier molecular flexibility index (Phi) is 5.42. The molecule has 0 aromatic carbocycles. The van der Waals surface area contributed by atoms with Gasteiger partial charge in [0.1, 0.15) is 4.88 Å². The highest BCUT2D eigenvalue weighted by Crippen LogP contribution is 2.25.